The van der Waals surface area contributed by atoms with Gasteiger partial charge in [-0.15, -0.1) is 11.3 Å². The SMILES string of the molecule is Cc1ccc(-c2cc(NCC3CC3)n3ncc(/C=C4\NC(=O)NC4=O)c3n2)s1. The second-order valence-electron chi connectivity index (χ2n) is 7.06. The molecule has 3 aromatic heterocycles. The summed E-state index contributed by atoms with van der Waals surface area (Å²) in [7, 11) is 0. The maximum Gasteiger partial charge on any atom is 0.326 e. The highest BCUT2D eigenvalue weighted by atomic mass is 32.1. The van der Waals surface area contributed by atoms with Crippen molar-refractivity contribution < 1.29 is 9.59 Å². The van der Waals surface area contributed by atoms with Gasteiger partial charge in [0.15, 0.2) is 5.65 Å². The fourth-order valence-corrected chi connectivity index (χ4v) is 3.94. The van der Waals surface area contributed by atoms with Crippen LogP contribution in [0.1, 0.15) is 23.3 Å². The predicted molar refractivity (Wildman–Crippen MR) is 107 cm³/mol. The Balaban J connectivity index is 1.61. The number of rotatable bonds is 5. The van der Waals surface area contributed by atoms with E-state index in [4.69, 9.17) is 4.98 Å². The van der Waals surface area contributed by atoms with E-state index >= 15 is 0 Å². The molecule has 8 nitrogen and oxygen atoms in total. The first-order valence-electron chi connectivity index (χ1n) is 9.10. The first-order valence-corrected chi connectivity index (χ1v) is 9.92. The zero-order valence-corrected chi connectivity index (χ0v) is 16.0. The average molecular weight is 394 g/mol. The van der Waals surface area contributed by atoms with E-state index in [1.165, 1.54) is 17.7 Å². The van der Waals surface area contributed by atoms with Crippen LogP contribution in [0, 0.1) is 12.8 Å². The van der Waals surface area contributed by atoms with Gasteiger partial charge in [0.1, 0.15) is 11.5 Å². The van der Waals surface area contributed by atoms with Crippen LogP contribution in [0.4, 0.5) is 10.6 Å². The van der Waals surface area contributed by atoms with Crippen LogP contribution in [0.25, 0.3) is 22.3 Å². The fraction of sp³-hybridized carbons (Fsp3) is 0.263. The Bertz CT molecular complexity index is 1140. The lowest BCUT2D eigenvalue weighted by molar-refractivity contribution is -0.115. The van der Waals surface area contributed by atoms with Crippen LogP contribution in [-0.2, 0) is 4.79 Å². The van der Waals surface area contributed by atoms with E-state index in [1.54, 1.807) is 28.1 Å². The molecule has 3 N–H and O–H groups in total. The normalized spacial score (nSPS) is 18.0. The highest BCUT2D eigenvalue weighted by Crippen LogP contribution is 2.32. The molecule has 1 saturated heterocycles. The molecule has 3 aromatic rings. The van der Waals surface area contributed by atoms with Crippen molar-refractivity contribution in [2.24, 2.45) is 5.92 Å². The number of nitrogens with one attached hydrogen (secondary N) is 3. The van der Waals surface area contributed by atoms with Crippen LogP contribution < -0.4 is 16.0 Å². The van der Waals surface area contributed by atoms with Crippen molar-refractivity contribution in [2.45, 2.75) is 19.8 Å². The monoisotopic (exact) mass is 394 g/mol. The third-order valence-electron chi connectivity index (χ3n) is 4.78. The molecule has 0 spiro atoms. The van der Waals surface area contributed by atoms with Crippen molar-refractivity contribution in [3.8, 4) is 10.6 Å². The van der Waals surface area contributed by atoms with Crippen molar-refractivity contribution in [3.63, 3.8) is 0 Å². The molecule has 0 atom stereocenters. The van der Waals surface area contributed by atoms with Crippen molar-refractivity contribution >= 4 is 40.8 Å². The standard InChI is InChI=1S/C19H18N6O2S/c1-10-2-5-15(28-10)13-7-16(20-8-11-3-4-11)25-17(22-13)12(9-21-25)6-14-18(26)24-19(27)23-14/h2,5-7,9,11,20H,3-4,8H2,1H3,(H2,23,24,26,27)/b14-6-. The van der Waals surface area contributed by atoms with E-state index in [2.05, 4.69) is 40.1 Å². The summed E-state index contributed by atoms with van der Waals surface area (Å²) in [5, 5.41) is 12.6. The summed E-state index contributed by atoms with van der Waals surface area (Å²) in [5.74, 6) is 1.12. The molecule has 142 valence electrons. The molecule has 28 heavy (non-hydrogen) atoms. The number of nitrogens with zero attached hydrogens (tertiary/aromatic N) is 3. The zero-order valence-electron chi connectivity index (χ0n) is 15.2. The lowest BCUT2D eigenvalue weighted by Crippen LogP contribution is -2.22. The molecule has 1 saturated carbocycles. The minimum absolute atomic E-state index is 0.187. The molecule has 9 heteroatoms. The fourth-order valence-electron chi connectivity index (χ4n) is 3.11. The minimum atomic E-state index is -0.526. The van der Waals surface area contributed by atoms with Gasteiger partial charge in [0.2, 0.25) is 0 Å². The number of carbonyl (C=O) groups excluding carboxylic acids is 2. The van der Waals surface area contributed by atoms with Gasteiger partial charge in [-0.3, -0.25) is 10.1 Å². The second kappa shape index (κ2) is 6.45. The van der Waals surface area contributed by atoms with Gasteiger partial charge in [0, 0.05) is 23.1 Å². The summed E-state index contributed by atoms with van der Waals surface area (Å²) in [4.78, 5) is 30.3. The van der Waals surface area contributed by atoms with Gasteiger partial charge in [-0.1, -0.05) is 0 Å². The number of amides is 3. The van der Waals surface area contributed by atoms with Crippen molar-refractivity contribution in [3.05, 3.63) is 40.5 Å². The van der Waals surface area contributed by atoms with Crippen molar-refractivity contribution in [1.82, 2.24) is 25.2 Å². The average Bonchev–Trinajstić information content (AvgIpc) is 3.11. The first-order chi connectivity index (χ1) is 13.6. The number of hydrogen-bond donors (Lipinski definition) is 3. The Morgan fingerprint density at radius 2 is 2.18 bits per heavy atom. The Kier molecular flexibility index (Phi) is 3.90. The zero-order chi connectivity index (χ0) is 19.3. The third kappa shape index (κ3) is 3.13. The van der Waals surface area contributed by atoms with E-state index in [0.29, 0.717) is 17.1 Å². The van der Waals surface area contributed by atoms with E-state index in [0.717, 1.165) is 22.9 Å². The Labute approximate surface area is 164 Å². The number of fused-ring (bicyclic) bond motifs is 1. The molecule has 0 radical (unpaired) electrons. The topological polar surface area (TPSA) is 100 Å². The minimum Gasteiger partial charge on any atom is -0.370 e. The number of imide groups is 1. The van der Waals surface area contributed by atoms with E-state index < -0.39 is 11.9 Å². The van der Waals surface area contributed by atoms with Gasteiger partial charge in [0.25, 0.3) is 5.91 Å². The van der Waals surface area contributed by atoms with Crippen LogP contribution in [0.2, 0.25) is 0 Å². The summed E-state index contributed by atoms with van der Waals surface area (Å²) in [5.41, 5.74) is 2.33. The molecule has 2 fully saturated rings. The van der Waals surface area contributed by atoms with Crippen LogP contribution in [0.15, 0.2) is 30.1 Å². The molecular formula is C19H18N6O2S. The summed E-state index contributed by atoms with van der Waals surface area (Å²) in [6, 6.07) is 5.61. The van der Waals surface area contributed by atoms with Crippen LogP contribution >= 0.6 is 11.3 Å². The lowest BCUT2D eigenvalue weighted by atomic mass is 10.2. The predicted octanol–water partition coefficient (Wildman–Crippen LogP) is 2.77. The van der Waals surface area contributed by atoms with E-state index in [9.17, 15) is 9.59 Å². The highest BCUT2D eigenvalue weighted by molar-refractivity contribution is 7.15. The number of thiophene rings is 1. The summed E-state index contributed by atoms with van der Waals surface area (Å²) in [6.45, 7) is 2.96. The van der Waals surface area contributed by atoms with Gasteiger partial charge in [0.05, 0.1) is 16.8 Å². The molecule has 5 rings (SSSR count). The largest absolute Gasteiger partial charge is 0.370 e. The molecule has 0 aromatic carbocycles. The highest BCUT2D eigenvalue weighted by Gasteiger charge is 2.24. The maximum atomic E-state index is 11.9. The van der Waals surface area contributed by atoms with Gasteiger partial charge in [-0.25, -0.2) is 9.78 Å². The molecule has 1 aliphatic heterocycles. The van der Waals surface area contributed by atoms with Gasteiger partial charge >= 0.3 is 6.03 Å². The lowest BCUT2D eigenvalue weighted by Gasteiger charge is -2.10. The summed E-state index contributed by atoms with van der Waals surface area (Å²) in [6.07, 6.45) is 5.76. The number of urea groups is 1. The maximum absolute atomic E-state index is 11.9. The van der Waals surface area contributed by atoms with Crippen molar-refractivity contribution in [1.29, 1.82) is 0 Å². The molecule has 3 amide bonds. The second-order valence-corrected chi connectivity index (χ2v) is 8.35. The molecule has 0 bridgehead atoms. The summed E-state index contributed by atoms with van der Waals surface area (Å²) < 4.78 is 1.74. The quantitative estimate of drug-likeness (QED) is 0.456. The van der Waals surface area contributed by atoms with Crippen molar-refractivity contribution in [2.75, 3.05) is 11.9 Å². The number of hydrogen-bond acceptors (Lipinski definition) is 6. The Hall–Kier alpha value is -3.20. The van der Waals surface area contributed by atoms with E-state index in [1.807, 2.05) is 6.07 Å². The number of carbonyl (C=O) groups is 2. The van der Waals surface area contributed by atoms with Crippen LogP contribution in [-0.4, -0.2) is 33.1 Å². The van der Waals surface area contributed by atoms with E-state index in [-0.39, 0.29) is 5.70 Å². The first kappa shape index (κ1) is 16.9. The van der Waals surface area contributed by atoms with Gasteiger partial charge in [-0.2, -0.15) is 9.61 Å². The van der Waals surface area contributed by atoms with Gasteiger partial charge < -0.3 is 10.6 Å². The van der Waals surface area contributed by atoms with Crippen LogP contribution in [0.3, 0.4) is 0 Å². The Morgan fingerprint density at radius 3 is 2.86 bits per heavy atom. The van der Waals surface area contributed by atoms with Gasteiger partial charge in [-0.05, 0) is 43.9 Å². The summed E-state index contributed by atoms with van der Waals surface area (Å²) >= 11 is 1.68. The molecule has 1 aliphatic carbocycles. The molecule has 2 aliphatic rings. The molecular weight excluding hydrogens is 376 g/mol. The number of aryl methyl sites for hydroxylation is 1. The molecule has 0 unspecified atom stereocenters. The van der Waals surface area contributed by atoms with Crippen LogP contribution in [0.5, 0.6) is 0 Å². The number of anilines is 1. The number of aromatic nitrogens is 3. The smallest absolute Gasteiger partial charge is 0.326 e. The molecule has 4 heterocycles. The third-order valence-corrected chi connectivity index (χ3v) is 5.80. The Morgan fingerprint density at radius 1 is 1.32 bits per heavy atom.